The first-order chi connectivity index (χ1) is 21.4. The van der Waals surface area contributed by atoms with E-state index in [1.165, 1.54) is 51.6 Å². The van der Waals surface area contributed by atoms with Crippen LogP contribution in [0.5, 0.6) is 0 Å². The Morgan fingerprint density at radius 1 is 0.977 bits per heavy atom. The molecule has 0 saturated heterocycles. The number of aliphatic hydroxyl groups excluding tert-OH is 1. The van der Waals surface area contributed by atoms with E-state index in [-0.39, 0.29) is 24.4 Å². The SMILES string of the molecule is CCCCN(C(=O)NCc1ccc(CC(N)=O)cc1)[C@@H]1C=C(OCCCC2CCC2)C(OC)=CC1.CCCNCCC.CO. The molecule has 9 nitrogen and oxygen atoms in total. The van der Waals surface area contributed by atoms with Crippen molar-refractivity contribution in [3.8, 4) is 0 Å². The van der Waals surface area contributed by atoms with E-state index in [1.807, 2.05) is 41.3 Å². The average molecular weight is 617 g/mol. The average Bonchev–Trinajstić information content (AvgIpc) is 3.01. The van der Waals surface area contributed by atoms with Crippen molar-refractivity contribution in [3.05, 3.63) is 59.1 Å². The summed E-state index contributed by atoms with van der Waals surface area (Å²) in [6.45, 7) is 10.6. The lowest BCUT2D eigenvalue weighted by molar-refractivity contribution is -0.117. The lowest BCUT2D eigenvalue weighted by atomic mass is 9.82. The Bertz CT molecular complexity index is 972. The van der Waals surface area contributed by atoms with E-state index in [4.69, 9.17) is 20.3 Å². The Kier molecular flexibility index (Phi) is 21.5. The summed E-state index contributed by atoms with van der Waals surface area (Å²) >= 11 is 0. The largest absolute Gasteiger partial charge is 0.493 e. The number of amides is 3. The number of nitrogens with zero attached hydrogens (tertiary/aromatic N) is 1. The maximum absolute atomic E-state index is 13.2. The van der Waals surface area contributed by atoms with Crippen molar-refractivity contribution in [2.75, 3.05) is 40.5 Å². The van der Waals surface area contributed by atoms with Crippen LogP contribution in [0, 0.1) is 5.92 Å². The first-order valence-corrected chi connectivity index (χ1v) is 16.6. The summed E-state index contributed by atoms with van der Waals surface area (Å²) in [5.41, 5.74) is 7.10. The van der Waals surface area contributed by atoms with Gasteiger partial charge < -0.3 is 35.8 Å². The van der Waals surface area contributed by atoms with Gasteiger partial charge in [-0.3, -0.25) is 4.79 Å². The molecule has 1 aromatic carbocycles. The van der Waals surface area contributed by atoms with Crippen molar-refractivity contribution in [3.63, 3.8) is 0 Å². The van der Waals surface area contributed by atoms with E-state index in [9.17, 15) is 9.59 Å². The molecule has 3 rings (SSSR count). The van der Waals surface area contributed by atoms with Crippen molar-refractivity contribution in [2.45, 2.75) is 104 Å². The normalized spacial score (nSPS) is 15.6. The summed E-state index contributed by atoms with van der Waals surface area (Å²) in [5, 5.41) is 13.3. The second-order valence-electron chi connectivity index (χ2n) is 11.3. The van der Waals surface area contributed by atoms with Crippen molar-refractivity contribution < 1.29 is 24.2 Å². The molecule has 0 unspecified atom stereocenters. The summed E-state index contributed by atoms with van der Waals surface area (Å²) in [6, 6.07) is 7.39. The number of rotatable bonds is 18. The summed E-state index contributed by atoms with van der Waals surface area (Å²) in [4.78, 5) is 26.2. The van der Waals surface area contributed by atoms with Crippen molar-refractivity contribution in [2.24, 2.45) is 11.7 Å². The van der Waals surface area contributed by atoms with Crippen LogP contribution < -0.4 is 16.4 Å². The lowest BCUT2D eigenvalue weighted by Crippen LogP contribution is -2.46. The summed E-state index contributed by atoms with van der Waals surface area (Å²) in [5.74, 6) is 2.00. The minimum Gasteiger partial charge on any atom is -0.493 e. The van der Waals surface area contributed by atoms with Crippen molar-refractivity contribution >= 4 is 11.9 Å². The zero-order valence-electron chi connectivity index (χ0n) is 28.0. The molecular formula is C35H60N4O5. The van der Waals surface area contributed by atoms with Crippen LogP contribution in [0.25, 0.3) is 0 Å². The predicted octanol–water partition coefficient (Wildman–Crippen LogP) is 5.81. The highest BCUT2D eigenvalue weighted by molar-refractivity contribution is 5.76. The molecule has 44 heavy (non-hydrogen) atoms. The number of carbonyl (C=O) groups is 2. The number of aliphatic hydroxyl groups is 1. The maximum Gasteiger partial charge on any atom is 0.318 e. The van der Waals surface area contributed by atoms with Gasteiger partial charge in [-0.1, -0.05) is 70.7 Å². The topological polar surface area (TPSA) is 126 Å². The third-order valence-electron chi connectivity index (χ3n) is 7.70. The van der Waals surface area contributed by atoms with Gasteiger partial charge in [-0.25, -0.2) is 4.79 Å². The molecule has 0 aliphatic heterocycles. The first-order valence-electron chi connectivity index (χ1n) is 16.6. The van der Waals surface area contributed by atoms with E-state index < -0.39 is 0 Å². The third kappa shape index (κ3) is 15.6. The van der Waals surface area contributed by atoms with Gasteiger partial charge in [-0.15, -0.1) is 0 Å². The molecule has 1 aromatic rings. The molecule has 9 heteroatoms. The molecule has 1 fully saturated rings. The third-order valence-corrected chi connectivity index (χ3v) is 7.70. The zero-order chi connectivity index (χ0) is 32.6. The Morgan fingerprint density at radius 2 is 1.64 bits per heavy atom. The van der Waals surface area contributed by atoms with Gasteiger partial charge in [0.2, 0.25) is 5.91 Å². The van der Waals surface area contributed by atoms with Gasteiger partial charge in [0.05, 0.1) is 26.2 Å². The first kappa shape index (κ1) is 39.0. The summed E-state index contributed by atoms with van der Waals surface area (Å²) in [6.07, 6.45) is 15.7. The fourth-order valence-electron chi connectivity index (χ4n) is 4.99. The number of unbranched alkanes of at least 4 members (excludes halogenated alkanes) is 1. The monoisotopic (exact) mass is 616 g/mol. The minimum atomic E-state index is -0.356. The van der Waals surface area contributed by atoms with Gasteiger partial charge in [-0.2, -0.15) is 0 Å². The van der Waals surface area contributed by atoms with Gasteiger partial charge in [0.25, 0.3) is 0 Å². The number of urea groups is 1. The Balaban J connectivity index is 0.000000945. The molecule has 0 bridgehead atoms. The van der Waals surface area contributed by atoms with Crippen LogP contribution in [-0.2, 0) is 27.2 Å². The zero-order valence-corrected chi connectivity index (χ0v) is 28.0. The molecule has 2 aliphatic rings. The van der Waals surface area contributed by atoms with E-state index >= 15 is 0 Å². The maximum atomic E-state index is 13.2. The predicted molar refractivity (Wildman–Crippen MR) is 179 cm³/mol. The Morgan fingerprint density at radius 3 is 2.18 bits per heavy atom. The van der Waals surface area contributed by atoms with Gasteiger partial charge >= 0.3 is 6.03 Å². The van der Waals surface area contributed by atoms with E-state index in [0.29, 0.717) is 26.1 Å². The fraction of sp³-hybridized carbons (Fsp3) is 0.657. The van der Waals surface area contributed by atoms with Gasteiger partial charge in [0.15, 0.2) is 11.5 Å². The highest BCUT2D eigenvalue weighted by Crippen LogP contribution is 2.31. The van der Waals surface area contributed by atoms with Gasteiger partial charge in [0, 0.05) is 20.2 Å². The molecule has 1 saturated carbocycles. The highest BCUT2D eigenvalue weighted by Gasteiger charge is 2.26. The number of hydrogen-bond acceptors (Lipinski definition) is 6. The molecule has 3 amide bonds. The van der Waals surface area contributed by atoms with Crippen LogP contribution in [0.2, 0.25) is 0 Å². The van der Waals surface area contributed by atoms with Crippen LogP contribution in [0.4, 0.5) is 4.79 Å². The van der Waals surface area contributed by atoms with Gasteiger partial charge in [0.1, 0.15) is 0 Å². The second kappa shape index (κ2) is 24.3. The quantitative estimate of drug-likeness (QED) is 0.154. The molecule has 0 radical (unpaired) electrons. The highest BCUT2D eigenvalue weighted by atomic mass is 16.5. The Hall–Kier alpha value is -3.04. The number of carbonyl (C=O) groups excluding carboxylic acids is 2. The van der Waals surface area contributed by atoms with Crippen LogP contribution >= 0.6 is 0 Å². The standard InChI is InChI=1S/C28H41N3O4.C6H15N.CH4O/c1-3-4-16-31(28(33)30-20-23-12-10-22(11-13-23)18-27(29)32)24-14-15-25(34-2)26(19-24)35-17-6-9-21-7-5-8-21;1-3-5-7-6-4-2;1-2/h10-13,15,19,21,24H,3-9,14,16-18,20H2,1-2H3,(H2,29,32)(H,30,33);7H,3-6H2,1-2H3;2H,1H3/t24-;;/m0../s1. The number of nitrogens with one attached hydrogen (secondary N) is 2. The van der Waals surface area contributed by atoms with E-state index in [2.05, 4.69) is 31.4 Å². The smallest absolute Gasteiger partial charge is 0.318 e. The molecule has 250 valence electrons. The summed E-state index contributed by atoms with van der Waals surface area (Å²) in [7, 11) is 2.66. The molecule has 0 heterocycles. The summed E-state index contributed by atoms with van der Waals surface area (Å²) < 4.78 is 11.7. The number of hydrogen-bond donors (Lipinski definition) is 4. The second-order valence-corrected chi connectivity index (χ2v) is 11.3. The van der Waals surface area contributed by atoms with E-state index in [0.717, 1.165) is 54.9 Å². The Labute approximate surface area is 266 Å². The lowest BCUT2D eigenvalue weighted by Gasteiger charge is -2.32. The van der Waals surface area contributed by atoms with Crippen molar-refractivity contribution in [1.82, 2.24) is 15.5 Å². The molecule has 5 N–H and O–H groups in total. The number of primary amides is 1. The van der Waals surface area contributed by atoms with Crippen LogP contribution in [-0.4, -0.2) is 68.4 Å². The van der Waals surface area contributed by atoms with Gasteiger partial charge in [-0.05, 0) is 80.8 Å². The number of methoxy groups -OCH3 is 1. The minimum absolute atomic E-state index is 0.0833. The van der Waals surface area contributed by atoms with Crippen LogP contribution in [0.15, 0.2) is 47.9 Å². The molecule has 1 atom stereocenters. The molecule has 0 aromatic heterocycles. The van der Waals surface area contributed by atoms with Crippen LogP contribution in [0.1, 0.15) is 96.1 Å². The number of ether oxygens (including phenoxy) is 2. The number of benzene rings is 1. The number of nitrogens with two attached hydrogens (primary N) is 1. The van der Waals surface area contributed by atoms with E-state index in [1.54, 1.807) is 7.11 Å². The molecular weight excluding hydrogens is 556 g/mol. The van der Waals surface area contributed by atoms with Crippen LogP contribution in [0.3, 0.4) is 0 Å². The van der Waals surface area contributed by atoms with Crippen molar-refractivity contribution in [1.29, 1.82) is 0 Å². The molecule has 2 aliphatic carbocycles. The fourth-order valence-corrected chi connectivity index (χ4v) is 4.99. The molecule has 0 spiro atoms.